The highest BCUT2D eigenvalue weighted by Gasteiger charge is 2.24. The van der Waals surface area contributed by atoms with Crippen molar-refractivity contribution in [3.8, 4) is 0 Å². The van der Waals surface area contributed by atoms with Crippen molar-refractivity contribution in [1.82, 2.24) is 4.90 Å². The van der Waals surface area contributed by atoms with E-state index in [1.165, 1.54) is 12.1 Å². The largest absolute Gasteiger partial charge is 0.396 e. The molecule has 2 rings (SSSR count). The quantitative estimate of drug-likeness (QED) is 0.863. The number of amides is 1. The van der Waals surface area contributed by atoms with E-state index in [0.717, 1.165) is 18.6 Å². The molecule has 0 radical (unpaired) electrons. The maximum Gasteiger partial charge on any atom is 0.246 e. The van der Waals surface area contributed by atoms with E-state index in [0.29, 0.717) is 18.7 Å². The third-order valence-corrected chi connectivity index (χ3v) is 3.55. The number of hydrogen-bond acceptors (Lipinski definition) is 2. The van der Waals surface area contributed by atoms with Gasteiger partial charge >= 0.3 is 0 Å². The zero-order chi connectivity index (χ0) is 14.7. The van der Waals surface area contributed by atoms with Crippen molar-refractivity contribution in [2.45, 2.75) is 13.3 Å². The minimum atomic E-state index is -0.679. The summed E-state index contributed by atoms with van der Waals surface area (Å²) in [6, 6.07) is 3.29. The van der Waals surface area contributed by atoms with Gasteiger partial charge in [-0.15, -0.1) is 0 Å². The van der Waals surface area contributed by atoms with E-state index in [-0.39, 0.29) is 24.0 Å². The van der Waals surface area contributed by atoms with Crippen LogP contribution < -0.4 is 0 Å². The Labute approximate surface area is 116 Å². The summed E-state index contributed by atoms with van der Waals surface area (Å²) in [4.78, 5) is 13.7. The summed E-state index contributed by atoms with van der Waals surface area (Å²) in [7, 11) is 0. The molecule has 0 saturated carbocycles. The molecule has 3 nitrogen and oxygen atoms in total. The maximum absolute atomic E-state index is 13.6. The van der Waals surface area contributed by atoms with Crippen LogP contribution in [0.3, 0.4) is 0 Å². The summed E-state index contributed by atoms with van der Waals surface area (Å²) in [5.41, 5.74) is 0.678. The lowest BCUT2D eigenvalue weighted by Crippen LogP contribution is -2.27. The van der Waals surface area contributed by atoms with Gasteiger partial charge in [0.1, 0.15) is 11.6 Å². The van der Waals surface area contributed by atoms with Crippen LogP contribution in [0.15, 0.2) is 24.3 Å². The molecule has 1 saturated heterocycles. The van der Waals surface area contributed by atoms with Crippen LogP contribution in [0.1, 0.15) is 18.9 Å². The molecule has 1 aliphatic heterocycles. The van der Waals surface area contributed by atoms with E-state index in [1.54, 1.807) is 11.8 Å². The van der Waals surface area contributed by atoms with Crippen LogP contribution in [0, 0.1) is 17.6 Å². The van der Waals surface area contributed by atoms with Crippen molar-refractivity contribution in [3.63, 3.8) is 0 Å². The molecule has 1 heterocycles. The van der Waals surface area contributed by atoms with Gasteiger partial charge in [0.05, 0.1) is 0 Å². The lowest BCUT2D eigenvalue weighted by atomic mass is 10.1. The molecular weight excluding hydrogens is 264 g/mol. The highest BCUT2D eigenvalue weighted by atomic mass is 19.1. The fourth-order valence-corrected chi connectivity index (χ4v) is 2.35. The average molecular weight is 281 g/mol. The van der Waals surface area contributed by atoms with Crippen molar-refractivity contribution in [1.29, 1.82) is 0 Å². The molecule has 0 aromatic heterocycles. The number of rotatable bonds is 3. The first-order valence-electron chi connectivity index (χ1n) is 6.54. The SMILES string of the molecule is C/C(=C/C(=O)N1CCC(CO)C1)c1ccc(F)cc1F. The molecule has 108 valence electrons. The highest BCUT2D eigenvalue weighted by Crippen LogP contribution is 2.21. The Morgan fingerprint density at radius 1 is 1.50 bits per heavy atom. The molecule has 1 N–H and O–H groups in total. The Kier molecular flexibility index (Phi) is 4.49. The van der Waals surface area contributed by atoms with E-state index in [2.05, 4.69) is 0 Å². The molecule has 1 aromatic rings. The Bertz CT molecular complexity index is 543. The lowest BCUT2D eigenvalue weighted by Gasteiger charge is -2.14. The van der Waals surface area contributed by atoms with Gasteiger partial charge in [0.25, 0.3) is 0 Å². The first kappa shape index (κ1) is 14.7. The average Bonchev–Trinajstić information content (AvgIpc) is 2.87. The van der Waals surface area contributed by atoms with Gasteiger partial charge in [0.2, 0.25) is 5.91 Å². The number of aliphatic hydroxyl groups is 1. The van der Waals surface area contributed by atoms with E-state index in [1.807, 2.05) is 0 Å². The standard InChI is InChI=1S/C15H17F2NO2/c1-10(13-3-2-12(16)7-14(13)17)6-15(20)18-5-4-11(8-18)9-19/h2-3,6-7,11,19H,4-5,8-9H2,1H3/b10-6-. The molecule has 0 bridgehead atoms. The second kappa shape index (κ2) is 6.13. The molecule has 1 unspecified atom stereocenters. The summed E-state index contributed by atoms with van der Waals surface area (Å²) in [5, 5.41) is 9.05. The zero-order valence-electron chi connectivity index (χ0n) is 11.3. The lowest BCUT2D eigenvalue weighted by molar-refractivity contribution is -0.125. The summed E-state index contributed by atoms with van der Waals surface area (Å²) >= 11 is 0. The van der Waals surface area contributed by atoms with Crippen molar-refractivity contribution >= 4 is 11.5 Å². The second-order valence-electron chi connectivity index (χ2n) is 5.07. The smallest absolute Gasteiger partial charge is 0.246 e. The molecule has 5 heteroatoms. The predicted octanol–water partition coefficient (Wildman–Crippen LogP) is 2.21. The molecule has 1 fully saturated rings. The predicted molar refractivity (Wildman–Crippen MR) is 71.8 cm³/mol. The van der Waals surface area contributed by atoms with Crippen molar-refractivity contribution in [2.75, 3.05) is 19.7 Å². The molecule has 1 amide bonds. The Morgan fingerprint density at radius 3 is 2.85 bits per heavy atom. The van der Waals surface area contributed by atoms with Gasteiger partial charge in [-0.3, -0.25) is 4.79 Å². The highest BCUT2D eigenvalue weighted by molar-refractivity contribution is 5.95. The van der Waals surface area contributed by atoms with Gasteiger partial charge in [-0.2, -0.15) is 0 Å². The number of carbonyl (C=O) groups excluding carboxylic acids is 1. The molecule has 0 aliphatic carbocycles. The Balaban J connectivity index is 2.12. The van der Waals surface area contributed by atoms with E-state index >= 15 is 0 Å². The molecule has 20 heavy (non-hydrogen) atoms. The molecule has 1 aliphatic rings. The number of benzene rings is 1. The minimum Gasteiger partial charge on any atom is -0.396 e. The van der Waals surface area contributed by atoms with Gasteiger partial charge in [0.15, 0.2) is 0 Å². The topological polar surface area (TPSA) is 40.5 Å². The minimum absolute atomic E-state index is 0.0685. The first-order chi connectivity index (χ1) is 9.51. The number of likely N-dealkylation sites (tertiary alicyclic amines) is 1. The van der Waals surface area contributed by atoms with Crippen molar-refractivity contribution in [2.24, 2.45) is 5.92 Å². The summed E-state index contributed by atoms with van der Waals surface area (Å²) < 4.78 is 26.4. The van der Waals surface area contributed by atoms with E-state index < -0.39 is 11.6 Å². The molecular formula is C15H17F2NO2. The first-order valence-corrected chi connectivity index (χ1v) is 6.54. The van der Waals surface area contributed by atoms with Gasteiger partial charge < -0.3 is 10.0 Å². The number of carbonyl (C=O) groups is 1. The van der Waals surface area contributed by atoms with Crippen LogP contribution in [0.2, 0.25) is 0 Å². The van der Waals surface area contributed by atoms with E-state index in [4.69, 9.17) is 5.11 Å². The second-order valence-corrected chi connectivity index (χ2v) is 5.07. The molecule has 1 aromatic carbocycles. The Hall–Kier alpha value is -1.75. The van der Waals surface area contributed by atoms with Crippen LogP contribution in [-0.2, 0) is 4.79 Å². The summed E-state index contributed by atoms with van der Waals surface area (Å²) in [6.07, 6.45) is 2.14. The third kappa shape index (κ3) is 3.22. The number of nitrogens with zero attached hydrogens (tertiary/aromatic N) is 1. The molecule has 1 atom stereocenters. The van der Waals surface area contributed by atoms with Gasteiger partial charge in [0, 0.05) is 43.3 Å². The maximum atomic E-state index is 13.6. The van der Waals surface area contributed by atoms with Crippen LogP contribution in [0.25, 0.3) is 5.57 Å². The summed E-state index contributed by atoms with van der Waals surface area (Å²) in [6.45, 7) is 2.80. The van der Waals surface area contributed by atoms with Crippen LogP contribution >= 0.6 is 0 Å². The number of aliphatic hydroxyl groups excluding tert-OH is 1. The van der Waals surface area contributed by atoms with Gasteiger partial charge in [-0.25, -0.2) is 8.78 Å². The van der Waals surface area contributed by atoms with Gasteiger partial charge in [-0.1, -0.05) is 0 Å². The summed E-state index contributed by atoms with van der Waals surface area (Å²) in [5.74, 6) is -1.41. The number of hydrogen-bond donors (Lipinski definition) is 1. The van der Waals surface area contributed by atoms with Crippen molar-refractivity contribution in [3.05, 3.63) is 41.5 Å². The van der Waals surface area contributed by atoms with E-state index in [9.17, 15) is 13.6 Å². The number of allylic oxidation sites excluding steroid dienone is 1. The fourth-order valence-electron chi connectivity index (χ4n) is 2.35. The van der Waals surface area contributed by atoms with Crippen LogP contribution in [-0.4, -0.2) is 35.6 Å². The fraction of sp³-hybridized carbons (Fsp3) is 0.400. The number of halogens is 2. The van der Waals surface area contributed by atoms with Gasteiger partial charge in [-0.05, 0) is 31.1 Å². The zero-order valence-corrected chi connectivity index (χ0v) is 11.3. The molecule has 0 spiro atoms. The van der Waals surface area contributed by atoms with Crippen molar-refractivity contribution < 1.29 is 18.7 Å². The van der Waals surface area contributed by atoms with Crippen LogP contribution in [0.4, 0.5) is 8.78 Å². The Morgan fingerprint density at radius 2 is 2.25 bits per heavy atom. The van der Waals surface area contributed by atoms with Crippen LogP contribution in [0.5, 0.6) is 0 Å². The normalized spacial score (nSPS) is 19.5. The third-order valence-electron chi connectivity index (χ3n) is 3.55. The monoisotopic (exact) mass is 281 g/mol.